The first kappa shape index (κ1) is 14.4. The number of rotatable bonds is 2. The summed E-state index contributed by atoms with van der Waals surface area (Å²) in [7, 11) is 3.62. The molecule has 9 aliphatic carbocycles. The van der Waals surface area contributed by atoms with Crippen LogP contribution in [0.25, 0.3) is 0 Å². The van der Waals surface area contributed by atoms with Gasteiger partial charge in [-0.3, -0.25) is 4.79 Å². The van der Waals surface area contributed by atoms with Gasteiger partial charge in [0.05, 0.1) is 12.7 Å². The van der Waals surface area contributed by atoms with E-state index in [1.165, 1.54) is 32.1 Å². The zero-order valence-electron chi connectivity index (χ0n) is 16.1. The molecule has 9 saturated carbocycles. The Morgan fingerprint density at radius 2 is 1.54 bits per heavy atom. The van der Waals surface area contributed by atoms with Gasteiger partial charge in [0.2, 0.25) is 0 Å². The molecule has 0 aromatic rings. The van der Waals surface area contributed by atoms with Crippen molar-refractivity contribution in [2.75, 3.05) is 14.2 Å². The summed E-state index contributed by atoms with van der Waals surface area (Å²) in [6.45, 7) is 2.60. The molecule has 0 saturated heterocycles. The maximum atomic E-state index is 13.8. The minimum atomic E-state index is -0.309. The summed E-state index contributed by atoms with van der Waals surface area (Å²) in [6, 6.07) is 0. The summed E-state index contributed by atoms with van der Waals surface area (Å²) in [6.07, 6.45) is 6.82. The van der Waals surface area contributed by atoms with E-state index in [1.807, 2.05) is 7.11 Å². The molecule has 9 bridgehead atoms. The van der Waals surface area contributed by atoms with Crippen LogP contribution < -0.4 is 0 Å². The Hall–Kier alpha value is -0.570. The molecule has 0 aliphatic heterocycles. The number of hydrogen-bond donors (Lipinski definition) is 0. The summed E-state index contributed by atoms with van der Waals surface area (Å²) in [5.41, 5.74) is -0.300. The minimum Gasteiger partial charge on any atom is -0.468 e. The molecule has 9 rings (SSSR count). The lowest BCUT2D eigenvalue weighted by molar-refractivity contribution is -0.273. The van der Waals surface area contributed by atoms with E-state index in [0.717, 1.165) is 47.3 Å². The van der Waals surface area contributed by atoms with E-state index in [4.69, 9.17) is 9.47 Å². The van der Waals surface area contributed by atoms with Crippen LogP contribution >= 0.6 is 0 Å². The lowest BCUT2D eigenvalue weighted by atomic mass is 9.42. The highest BCUT2D eigenvalue weighted by molar-refractivity contribution is 5.83. The van der Waals surface area contributed by atoms with Gasteiger partial charge in [-0.05, 0) is 90.8 Å². The molecular weight excluding hydrogens is 324 g/mol. The fourth-order valence-electron chi connectivity index (χ4n) is 13.5. The van der Waals surface area contributed by atoms with Crippen LogP contribution in [0.4, 0.5) is 0 Å². The topological polar surface area (TPSA) is 35.5 Å². The monoisotopic (exact) mass is 354 g/mol. The van der Waals surface area contributed by atoms with Gasteiger partial charge in [0.15, 0.2) is 0 Å². The highest BCUT2D eigenvalue weighted by atomic mass is 16.5. The van der Waals surface area contributed by atoms with Crippen LogP contribution in [0.15, 0.2) is 0 Å². The lowest BCUT2D eigenvalue weighted by Crippen LogP contribution is -2.73. The molecular formula is C23H30O3. The van der Waals surface area contributed by atoms with Gasteiger partial charge in [0.25, 0.3) is 0 Å². The maximum absolute atomic E-state index is 13.8. The summed E-state index contributed by atoms with van der Waals surface area (Å²) >= 11 is 0. The Labute approximate surface area is 155 Å². The van der Waals surface area contributed by atoms with Crippen LogP contribution in [0.2, 0.25) is 0 Å². The van der Waals surface area contributed by atoms with Crippen molar-refractivity contribution >= 4 is 5.97 Å². The van der Waals surface area contributed by atoms with Crippen molar-refractivity contribution in [1.29, 1.82) is 0 Å². The predicted octanol–water partition coefficient (Wildman–Crippen LogP) is 3.37. The normalized spacial score (nSPS) is 74.3. The molecule has 3 heteroatoms. The number of ether oxygens (including phenoxy) is 2. The number of carbonyl (C=O) groups excluding carboxylic acids is 1. The van der Waals surface area contributed by atoms with Gasteiger partial charge < -0.3 is 9.47 Å². The lowest BCUT2D eigenvalue weighted by Gasteiger charge is -2.64. The molecule has 0 heterocycles. The first-order valence-electron chi connectivity index (χ1n) is 11.3. The molecule has 9 fully saturated rings. The van der Waals surface area contributed by atoms with Gasteiger partial charge in [-0.1, -0.05) is 13.3 Å². The summed E-state index contributed by atoms with van der Waals surface area (Å²) in [5, 5.41) is 0. The smallest absolute Gasteiger partial charge is 0.315 e. The van der Waals surface area contributed by atoms with Crippen LogP contribution in [0.5, 0.6) is 0 Å². The minimum absolute atomic E-state index is 0.134. The molecule has 0 aromatic heterocycles. The van der Waals surface area contributed by atoms with Crippen molar-refractivity contribution in [3.8, 4) is 0 Å². The number of carbonyl (C=O) groups is 1. The van der Waals surface area contributed by atoms with Crippen molar-refractivity contribution in [3.63, 3.8) is 0 Å². The average molecular weight is 354 g/mol. The second-order valence-corrected chi connectivity index (χ2v) is 11.5. The Bertz CT molecular complexity index is 777. The Balaban J connectivity index is 1.54. The molecule has 26 heavy (non-hydrogen) atoms. The molecule has 0 amide bonds. The summed E-state index contributed by atoms with van der Waals surface area (Å²) in [5.74, 6) is 8.56. The molecule has 0 spiro atoms. The Morgan fingerprint density at radius 1 is 0.846 bits per heavy atom. The van der Waals surface area contributed by atoms with Crippen molar-refractivity contribution in [3.05, 3.63) is 0 Å². The fraction of sp³-hybridized carbons (Fsp3) is 0.957. The SMILES string of the molecule is COC(=O)[C@]12[C@@H]3[C@H]4CCC[C@H]4[C@H]4[C@H]3[C@@H]3[C@@H]5[C@@H]6[C@@H](CC[C@H]6[C@]1(OC)[C@]54C)[C@@H]32. The highest BCUT2D eigenvalue weighted by Crippen LogP contribution is 2.99. The quantitative estimate of drug-likeness (QED) is 0.713. The fourth-order valence-corrected chi connectivity index (χ4v) is 13.5. The molecule has 0 unspecified atom stereocenters. The Kier molecular flexibility index (Phi) is 2.04. The summed E-state index contributed by atoms with van der Waals surface area (Å²) in [4.78, 5) is 13.8. The third-order valence-corrected chi connectivity index (χ3v) is 12.5. The van der Waals surface area contributed by atoms with Crippen molar-refractivity contribution in [1.82, 2.24) is 0 Å². The molecule has 140 valence electrons. The first-order valence-corrected chi connectivity index (χ1v) is 11.3. The molecule has 9 aliphatic rings. The van der Waals surface area contributed by atoms with Gasteiger partial charge in [-0.25, -0.2) is 0 Å². The highest BCUT2D eigenvalue weighted by Gasteiger charge is 3.01. The van der Waals surface area contributed by atoms with Crippen molar-refractivity contribution in [2.45, 2.75) is 44.6 Å². The molecule has 14 atom stereocenters. The van der Waals surface area contributed by atoms with E-state index < -0.39 is 0 Å². The van der Waals surface area contributed by atoms with Crippen LogP contribution in [-0.4, -0.2) is 25.8 Å². The zero-order chi connectivity index (χ0) is 17.4. The molecule has 0 radical (unpaired) electrons. The maximum Gasteiger partial charge on any atom is 0.315 e. The zero-order valence-corrected chi connectivity index (χ0v) is 16.1. The van der Waals surface area contributed by atoms with Gasteiger partial charge in [-0.15, -0.1) is 0 Å². The van der Waals surface area contributed by atoms with Gasteiger partial charge in [0, 0.05) is 12.5 Å². The largest absolute Gasteiger partial charge is 0.468 e. The van der Waals surface area contributed by atoms with Gasteiger partial charge in [0.1, 0.15) is 5.41 Å². The summed E-state index contributed by atoms with van der Waals surface area (Å²) < 4.78 is 12.5. The van der Waals surface area contributed by atoms with Crippen LogP contribution in [0.1, 0.15) is 39.0 Å². The Morgan fingerprint density at radius 3 is 2.27 bits per heavy atom. The van der Waals surface area contributed by atoms with Gasteiger partial charge >= 0.3 is 5.97 Å². The van der Waals surface area contributed by atoms with E-state index in [-0.39, 0.29) is 22.4 Å². The van der Waals surface area contributed by atoms with Gasteiger partial charge in [-0.2, -0.15) is 0 Å². The number of methoxy groups -OCH3 is 2. The number of hydrogen-bond acceptors (Lipinski definition) is 3. The number of fused-ring (bicyclic) bond motifs is 1. The van der Waals surface area contributed by atoms with E-state index >= 15 is 0 Å². The van der Waals surface area contributed by atoms with Crippen molar-refractivity contribution < 1.29 is 14.3 Å². The second-order valence-electron chi connectivity index (χ2n) is 11.5. The van der Waals surface area contributed by atoms with Crippen LogP contribution in [-0.2, 0) is 14.3 Å². The second kappa shape index (κ2) is 3.67. The molecule has 0 N–H and O–H groups in total. The average Bonchev–Trinajstić information content (AvgIpc) is 3.39. The van der Waals surface area contributed by atoms with E-state index in [0.29, 0.717) is 17.8 Å². The van der Waals surface area contributed by atoms with Crippen LogP contribution in [0.3, 0.4) is 0 Å². The predicted molar refractivity (Wildman–Crippen MR) is 93.8 cm³/mol. The van der Waals surface area contributed by atoms with E-state index in [9.17, 15) is 4.79 Å². The standard InChI is InChI=1S/C23H30O3/c1-21-16-9-5-4-6-10(9)17-14(16)15-18-11-7-8-12(13(11)19(15)21)23(21,26-3)22(17,18)20(24)25-2/h9-19H,4-8H2,1-3H3/t9-,10+,11-,12-,13-,14-,15+,16+,17-,18+,19+,21+,22-,23+/m1/s1. The third-order valence-electron chi connectivity index (χ3n) is 12.5. The van der Waals surface area contributed by atoms with E-state index in [1.54, 1.807) is 7.11 Å². The molecule has 0 aromatic carbocycles. The van der Waals surface area contributed by atoms with E-state index in [2.05, 4.69) is 6.92 Å². The third kappa shape index (κ3) is 0.855. The molecule has 3 nitrogen and oxygen atoms in total. The first-order chi connectivity index (χ1) is 12.6. The van der Waals surface area contributed by atoms with Crippen molar-refractivity contribution in [2.24, 2.45) is 75.9 Å². The van der Waals surface area contributed by atoms with Crippen LogP contribution in [0, 0.1) is 75.9 Å². The number of esters is 1.